The van der Waals surface area contributed by atoms with Crippen molar-refractivity contribution in [3.63, 3.8) is 0 Å². The summed E-state index contributed by atoms with van der Waals surface area (Å²) < 4.78 is 49.0. The molecule has 2 aliphatic heterocycles. The molecule has 3 heterocycles. The third-order valence-corrected chi connectivity index (χ3v) is 8.35. The normalized spacial score (nSPS) is 26.9. The molecule has 1 spiro atoms. The number of anilines is 1. The lowest BCUT2D eigenvalue weighted by Crippen LogP contribution is -2.62. The first-order valence-electron chi connectivity index (χ1n) is 10.6. The Morgan fingerprint density at radius 1 is 1.10 bits per heavy atom. The van der Waals surface area contributed by atoms with Gasteiger partial charge in [-0.2, -0.15) is 4.31 Å². The number of ether oxygens (including phenoxy) is 1. The van der Waals surface area contributed by atoms with Gasteiger partial charge in [0.15, 0.2) is 17.7 Å². The lowest BCUT2D eigenvalue weighted by molar-refractivity contribution is -0.116. The predicted octanol–water partition coefficient (Wildman–Crippen LogP) is 2.57. The largest absolute Gasteiger partial charge is 0.355 e. The minimum absolute atomic E-state index is 0.0272. The van der Waals surface area contributed by atoms with Gasteiger partial charge in [-0.15, -0.1) is 0 Å². The number of ketones is 1. The zero-order valence-electron chi connectivity index (χ0n) is 17.0. The first kappa shape index (κ1) is 20.5. The van der Waals surface area contributed by atoms with Gasteiger partial charge in [-0.25, -0.2) is 17.8 Å². The summed E-state index contributed by atoms with van der Waals surface area (Å²) in [4.78, 5) is 18.6. The van der Waals surface area contributed by atoms with Gasteiger partial charge < -0.3 is 9.64 Å². The van der Waals surface area contributed by atoms with E-state index < -0.39 is 21.9 Å². The first-order chi connectivity index (χ1) is 14.9. The molecule has 1 aromatic carbocycles. The molecular weight excluding hydrogens is 421 g/mol. The molecule has 0 bridgehead atoms. The van der Waals surface area contributed by atoms with Crippen molar-refractivity contribution in [3.05, 3.63) is 53.7 Å². The van der Waals surface area contributed by atoms with Crippen LogP contribution in [0.2, 0.25) is 0 Å². The lowest BCUT2D eigenvalue weighted by Gasteiger charge is -2.45. The van der Waals surface area contributed by atoms with Crippen molar-refractivity contribution in [2.24, 2.45) is 0 Å². The maximum absolute atomic E-state index is 15.6. The number of aromatic nitrogens is 1. The summed E-state index contributed by atoms with van der Waals surface area (Å²) in [5, 5.41) is 0. The monoisotopic (exact) mass is 445 g/mol. The van der Waals surface area contributed by atoms with E-state index in [2.05, 4.69) is 4.98 Å². The molecule has 31 heavy (non-hydrogen) atoms. The standard InChI is InChI=1S/C22H24FN3O4S/c23-20-15-25(21-10-9-17-18(24-21)7-4-8-19(17)27)12-11-22(20)26(13-14-30-22)31(28,29)16-5-2-1-3-6-16/h1-3,5-6,9-10,20H,4,7-8,11-15H2/t20-,22-/m0/s1. The summed E-state index contributed by atoms with van der Waals surface area (Å²) in [6.07, 6.45) is 0.699. The lowest BCUT2D eigenvalue weighted by atomic mass is 9.94. The molecule has 0 N–H and O–H groups in total. The number of halogens is 1. The Hall–Kier alpha value is -2.36. The van der Waals surface area contributed by atoms with Crippen molar-refractivity contribution in [1.82, 2.24) is 9.29 Å². The molecule has 7 nitrogen and oxygen atoms in total. The number of benzene rings is 1. The Bertz CT molecular complexity index is 1110. The second-order valence-electron chi connectivity index (χ2n) is 8.19. The molecular formula is C22H24FN3O4S. The smallest absolute Gasteiger partial charge is 0.245 e. The molecule has 5 rings (SSSR count). The average Bonchev–Trinajstić information content (AvgIpc) is 3.22. The molecule has 2 atom stereocenters. The van der Waals surface area contributed by atoms with Crippen LogP contribution in [0.15, 0.2) is 47.4 Å². The van der Waals surface area contributed by atoms with Crippen molar-refractivity contribution >= 4 is 21.6 Å². The number of piperidine rings is 1. The topological polar surface area (TPSA) is 79.8 Å². The average molecular weight is 446 g/mol. The van der Waals surface area contributed by atoms with Crippen LogP contribution in [-0.4, -0.2) is 61.6 Å². The maximum atomic E-state index is 15.6. The van der Waals surface area contributed by atoms with Crippen molar-refractivity contribution in [2.75, 3.05) is 31.1 Å². The van der Waals surface area contributed by atoms with E-state index >= 15 is 4.39 Å². The van der Waals surface area contributed by atoms with Crippen LogP contribution in [0.1, 0.15) is 35.3 Å². The molecule has 2 aromatic rings. The van der Waals surface area contributed by atoms with Crippen LogP contribution in [0.5, 0.6) is 0 Å². The minimum atomic E-state index is -3.88. The van der Waals surface area contributed by atoms with E-state index in [-0.39, 0.29) is 36.8 Å². The Labute approximate surface area is 180 Å². The number of hydrogen-bond acceptors (Lipinski definition) is 6. The number of hydrogen-bond donors (Lipinski definition) is 0. The van der Waals surface area contributed by atoms with Gasteiger partial charge >= 0.3 is 0 Å². The first-order valence-corrected chi connectivity index (χ1v) is 12.0. The summed E-state index contributed by atoms with van der Waals surface area (Å²) in [7, 11) is -3.88. The second kappa shape index (κ2) is 7.65. The van der Waals surface area contributed by atoms with Crippen LogP contribution in [-0.2, 0) is 21.2 Å². The molecule has 1 aromatic heterocycles. The summed E-state index contributed by atoms with van der Waals surface area (Å²) in [5.41, 5.74) is -0.0932. The number of fused-ring (bicyclic) bond motifs is 1. The molecule has 0 amide bonds. The highest BCUT2D eigenvalue weighted by Crippen LogP contribution is 2.40. The van der Waals surface area contributed by atoms with Gasteiger partial charge in [0, 0.05) is 31.5 Å². The van der Waals surface area contributed by atoms with E-state index in [1.807, 2.05) is 4.90 Å². The highest BCUT2D eigenvalue weighted by atomic mass is 32.2. The number of pyridine rings is 1. The predicted molar refractivity (Wildman–Crippen MR) is 112 cm³/mol. The number of carbonyl (C=O) groups is 1. The van der Waals surface area contributed by atoms with Gasteiger partial charge in [0.2, 0.25) is 10.0 Å². The Morgan fingerprint density at radius 2 is 1.90 bits per heavy atom. The van der Waals surface area contributed by atoms with Gasteiger partial charge in [-0.05, 0) is 37.1 Å². The van der Waals surface area contributed by atoms with Crippen molar-refractivity contribution in [1.29, 1.82) is 0 Å². The number of aryl methyl sites for hydroxylation is 1. The highest BCUT2D eigenvalue weighted by Gasteiger charge is 2.57. The number of alkyl halides is 1. The summed E-state index contributed by atoms with van der Waals surface area (Å²) in [6, 6.07) is 11.6. The second-order valence-corrected chi connectivity index (χ2v) is 10.0. The molecule has 9 heteroatoms. The van der Waals surface area contributed by atoms with Gasteiger partial charge in [0.25, 0.3) is 0 Å². The summed E-state index contributed by atoms with van der Waals surface area (Å²) in [5.74, 6) is 0.712. The summed E-state index contributed by atoms with van der Waals surface area (Å²) >= 11 is 0. The maximum Gasteiger partial charge on any atom is 0.245 e. The van der Waals surface area contributed by atoms with Crippen LogP contribution in [0.3, 0.4) is 0 Å². The van der Waals surface area contributed by atoms with Crippen LogP contribution >= 0.6 is 0 Å². The SMILES string of the molecule is O=C1CCCc2nc(N3CC[C@]4(OCCN4S(=O)(=O)c4ccccc4)[C@@H](F)C3)ccc21. The Kier molecular flexibility index (Phi) is 5.07. The van der Waals surface area contributed by atoms with Crippen LogP contribution < -0.4 is 4.90 Å². The highest BCUT2D eigenvalue weighted by molar-refractivity contribution is 7.89. The fourth-order valence-electron chi connectivity index (χ4n) is 4.80. The fourth-order valence-corrected chi connectivity index (χ4v) is 6.54. The van der Waals surface area contributed by atoms with Crippen molar-refractivity contribution in [3.8, 4) is 0 Å². The van der Waals surface area contributed by atoms with Crippen LogP contribution in [0.4, 0.5) is 10.2 Å². The molecule has 0 unspecified atom stereocenters. The molecule has 3 aliphatic rings. The molecule has 164 valence electrons. The quantitative estimate of drug-likeness (QED) is 0.723. The molecule has 1 aliphatic carbocycles. The van der Waals surface area contributed by atoms with E-state index in [1.165, 1.54) is 16.4 Å². The van der Waals surface area contributed by atoms with E-state index in [4.69, 9.17) is 4.74 Å². The van der Waals surface area contributed by atoms with Crippen molar-refractivity contribution < 1.29 is 22.3 Å². The van der Waals surface area contributed by atoms with Gasteiger partial charge in [0.05, 0.1) is 23.7 Å². The third kappa shape index (κ3) is 3.35. The molecule has 0 saturated carbocycles. The van der Waals surface area contributed by atoms with Gasteiger partial charge in [0.1, 0.15) is 5.82 Å². The third-order valence-electron chi connectivity index (χ3n) is 6.41. The van der Waals surface area contributed by atoms with E-state index in [0.717, 1.165) is 18.5 Å². The molecule has 2 saturated heterocycles. The molecule has 2 fully saturated rings. The number of Topliss-reactive ketones (excluding diaryl/α,β-unsaturated/α-hetero) is 1. The summed E-state index contributed by atoms with van der Waals surface area (Å²) in [6.45, 7) is 0.657. The zero-order chi connectivity index (χ0) is 21.6. The van der Waals surface area contributed by atoms with Gasteiger partial charge in [-0.3, -0.25) is 4.79 Å². The Morgan fingerprint density at radius 3 is 2.68 bits per heavy atom. The van der Waals surface area contributed by atoms with E-state index in [1.54, 1.807) is 30.3 Å². The fraction of sp³-hybridized carbons (Fsp3) is 0.455. The number of nitrogens with zero attached hydrogens (tertiary/aromatic N) is 3. The van der Waals surface area contributed by atoms with E-state index in [9.17, 15) is 13.2 Å². The number of sulfonamides is 1. The Balaban J connectivity index is 1.40. The number of rotatable bonds is 3. The molecule has 0 radical (unpaired) electrons. The number of carbonyl (C=O) groups excluding carboxylic acids is 1. The zero-order valence-corrected chi connectivity index (χ0v) is 17.9. The van der Waals surface area contributed by atoms with E-state index in [0.29, 0.717) is 24.3 Å². The van der Waals surface area contributed by atoms with Crippen LogP contribution in [0, 0.1) is 0 Å². The van der Waals surface area contributed by atoms with Gasteiger partial charge in [-0.1, -0.05) is 18.2 Å². The van der Waals surface area contributed by atoms with Crippen LogP contribution in [0.25, 0.3) is 0 Å². The minimum Gasteiger partial charge on any atom is -0.355 e. The van der Waals surface area contributed by atoms with Crippen molar-refractivity contribution in [2.45, 2.75) is 42.5 Å².